The van der Waals surface area contributed by atoms with Gasteiger partial charge in [0, 0.05) is 17.8 Å². The van der Waals surface area contributed by atoms with E-state index in [4.69, 9.17) is 46.3 Å². The molecule has 0 radical (unpaired) electrons. The highest BCUT2D eigenvalue weighted by atomic mass is 35.5. The Kier molecular flexibility index (Phi) is 8.47. The zero-order valence-electron chi connectivity index (χ0n) is 9.13. The van der Waals surface area contributed by atoms with Crippen LogP contribution in [0.25, 0.3) is 0 Å². The van der Waals surface area contributed by atoms with Crippen LogP contribution in [0.2, 0.25) is 15.2 Å². The third-order valence-corrected chi connectivity index (χ3v) is 3.37. The quantitative estimate of drug-likeness (QED) is 0.644. The Morgan fingerprint density at radius 2 is 1.88 bits per heavy atom. The molecule has 0 bridgehead atoms. The van der Waals surface area contributed by atoms with Crippen LogP contribution in [0, 0.1) is 0 Å². The molecule has 7 heteroatoms. The summed E-state index contributed by atoms with van der Waals surface area (Å²) in [4.78, 5) is 3.84. The second-order valence-corrected chi connectivity index (χ2v) is 4.66. The molecule has 1 rings (SSSR count). The Morgan fingerprint density at radius 1 is 1.24 bits per heavy atom. The highest BCUT2D eigenvalue weighted by Crippen LogP contribution is 2.34. The lowest BCUT2D eigenvalue weighted by Crippen LogP contribution is -2.12. The minimum absolute atomic E-state index is 0. The van der Waals surface area contributed by atoms with Crippen molar-refractivity contribution in [3.8, 4) is 0 Å². The van der Waals surface area contributed by atoms with Crippen LogP contribution in [0.4, 0.5) is 0 Å². The second kappa shape index (κ2) is 8.35. The number of hydrogen-bond donors (Lipinski definition) is 2. The van der Waals surface area contributed by atoms with Crippen molar-refractivity contribution in [2.45, 2.75) is 25.3 Å². The molecule has 0 aliphatic carbocycles. The molecule has 1 aromatic rings. The Balaban J connectivity index is 0.00000256. The molecule has 3 nitrogen and oxygen atoms in total. The van der Waals surface area contributed by atoms with E-state index in [-0.39, 0.29) is 23.6 Å². The van der Waals surface area contributed by atoms with E-state index in [1.807, 2.05) is 0 Å². The SMILES string of the molecule is Cl.NCCCC[C@H](N)c1c(Cl)cnc(Cl)c1Cl. The maximum Gasteiger partial charge on any atom is 0.148 e. The molecule has 4 N–H and O–H groups in total. The molecule has 0 aromatic carbocycles. The number of hydrogen-bond acceptors (Lipinski definition) is 3. The first-order chi connectivity index (χ1) is 7.57. The summed E-state index contributed by atoms with van der Waals surface area (Å²) in [6.07, 6.45) is 4.11. The van der Waals surface area contributed by atoms with Crippen molar-refractivity contribution in [2.24, 2.45) is 11.5 Å². The highest BCUT2D eigenvalue weighted by Gasteiger charge is 2.17. The predicted molar refractivity (Wildman–Crippen MR) is 76.3 cm³/mol. The van der Waals surface area contributed by atoms with E-state index >= 15 is 0 Å². The number of nitrogens with zero attached hydrogens (tertiary/aromatic N) is 1. The Morgan fingerprint density at radius 3 is 2.47 bits per heavy atom. The second-order valence-electron chi connectivity index (χ2n) is 3.52. The van der Waals surface area contributed by atoms with Crippen molar-refractivity contribution < 1.29 is 0 Å². The maximum atomic E-state index is 6.02. The van der Waals surface area contributed by atoms with Gasteiger partial charge in [-0.3, -0.25) is 0 Å². The largest absolute Gasteiger partial charge is 0.330 e. The van der Waals surface area contributed by atoms with Crippen LogP contribution in [-0.4, -0.2) is 11.5 Å². The molecule has 0 saturated carbocycles. The molecule has 98 valence electrons. The highest BCUT2D eigenvalue weighted by molar-refractivity contribution is 6.43. The van der Waals surface area contributed by atoms with Gasteiger partial charge < -0.3 is 11.5 Å². The smallest absolute Gasteiger partial charge is 0.148 e. The van der Waals surface area contributed by atoms with Crippen molar-refractivity contribution in [3.05, 3.63) is 27.0 Å². The fourth-order valence-corrected chi connectivity index (χ4v) is 2.22. The summed E-state index contributed by atoms with van der Waals surface area (Å²) in [6, 6.07) is -0.230. The predicted octanol–water partition coefficient (Wildman–Crippen LogP) is 3.59. The normalized spacial score (nSPS) is 12.1. The van der Waals surface area contributed by atoms with E-state index < -0.39 is 0 Å². The van der Waals surface area contributed by atoms with Crippen LogP contribution < -0.4 is 11.5 Å². The summed E-state index contributed by atoms with van der Waals surface area (Å²) in [7, 11) is 0. The first-order valence-electron chi connectivity index (χ1n) is 5.03. The van der Waals surface area contributed by atoms with Gasteiger partial charge in [-0.25, -0.2) is 4.98 Å². The molecule has 1 aromatic heterocycles. The summed E-state index contributed by atoms with van der Waals surface area (Å²) >= 11 is 17.8. The fraction of sp³-hybridized carbons (Fsp3) is 0.500. The molecular weight excluding hydrogens is 304 g/mol. The van der Waals surface area contributed by atoms with E-state index in [1.165, 1.54) is 6.20 Å². The summed E-state index contributed by atoms with van der Waals surface area (Å²) in [5, 5.41) is 1.03. The van der Waals surface area contributed by atoms with Gasteiger partial charge in [0.25, 0.3) is 0 Å². The van der Waals surface area contributed by atoms with Gasteiger partial charge in [0.05, 0.1) is 10.0 Å². The van der Waals surface area contributed by atoms with Crippen molar-refractivity contribution in [1.29, 1.82) is 0 Å². The molecule has 1 heterocycles. The zero-order chi connectivity index (χ0) is 12.1. The first-order valence-corrected chi connectivity index (χ1v) is 6.16. The molecule has 0 fully saturated rings. The van der Waals surface area contributed by atoms with Gasteiger partial charge in [-0.05, 0) is 19.4 Å². The van der Waals surface area contributed by atoms with E-state index in [1.54, 1.807) is 0 Å². The summed E-state index contributed by atoms with van der Waals surface area (Å²) in [5.41, 5.74) is 12.1. The molecule has 0 unspecified atom stereocenters. The lowest BCUT2D eigenvalue weighted by Gasteiger charge is -2.15. The average Bonchev–Trinajstić information content (AvgIpc) is 2.24. The standard InChI is InChI=1S/C10H14Cl3N3.ClH/c11-6-5-16-10(13)9(12)8(6)7(15)3-1-2-4-14;/h5,7H,1-4,14-15H2;1H/t7-;/m0./s1. The number of aromatic nitrogens is 1. The molecule has 0 spiro atoms. The lowest BCUT2D eigenvalue weighted by atomic mass is 10.0. The Labute approximate surface area is 122 Å². The summed E-state index contributed by atoms with van der Waals surface area (Å²) in [6.45, 7) is 0.658. The molecule has 0 amide bonds. The average molecular weight is 319 g/mol. The fourth-order valence-electron chi connectivity index (χ4n) is 1.45. The summed E-state index contributed by atoms with van der Waals surface area (Å²) < 4.78 is 0. The minimum atomic E-state index is -0.230. The number of pyridine rings is 1. The molecule has 1 atom stereocenters. The van der Waals surface area contributed by atoms with Gasteiger partial charge in [0.15, 0.2) is 0 Å². The topological polar surface area (TPSA) is 64.9 Å². The van der Waals surface area contributed by atoms with Crippen molar-refractivity contribution in [3.63, 3.8) is 0 Å². The Hall–Kier alpha value is 0.230. The number of nitrogens with two attached hydrogens (primary N) is 2. The van der Waals surface area contributed by atoms with Crippen LogP contribution in [0.1, 0.15) is 30.9 Å². The van der Waals surface area contributed by atoms with Gasteiger partial charge in [-0.2, -0.15) is 0 Å². The number of unbranched alkanes of at least 4 members (excludes halogenated alkanes) is 1. The maximum absolute atomic E-state index is 6.02. The molecule has 0 aliphatic heterocycles. The summed E-state index contributed by atoms with van der Waals surface area (Å²) in [5.74, 6) is 0. The third-order valence-electron chi connectivity index (χ3n) is 2.31. The third kappa shape index (κ3) is 4.78. The lowest BCUT2D eigenvalue weighted by molar-refractivity contribution is 0.591. The Bertz CT molecular complexity index is 360. The van der Waals surface area contributed by atoms with Gasteiger partial charge >= 0.3 is 0 Å². The van der Waals surface area contributed by atoms with Gasteiger partial charge in [-0.15, -0.1) is 12.4 Å². The van der Waals surface area contributed by atoms with E-state index in [0.29, 0.717) is 22.2 Å². The van der Waals surface area contributed by atoms with E-state index in [0.717, 1.165) is 19.3 Å². The van der Waals surface area contributed by atoms with Crippen molar-refractivity contribution in [2.75, 3.05) is 6.54 Å². The zero-order valence-corrected chi connectivity index (χ0v) is 12.2. The number of rotatable bonds is 5. The van der Waals surface area contributed by atoms with Crippen LogP contribution in [0.5, 0.6) is 0 Å². The van der Waals surface area contributed by atoms with Gasteiger partial charge in [0.2, 0.25) is 0 Å². The minimum Gasteiger partial charge on any atom is -0.330 e. The molecule has 17 heavy (non-hydrogen) atoms. The van der Waals surface area contributed by atoms with E-state index in [9.17, 15) is 0 Å². The van der Waals surface area contributed by atoms with Crippen LogP contribution in [0.15, 0.2) is 6.20 Å². The van der Waals surface area contributed by atoms with Crippen molar-refractivity contribution in [1.82, 2.24) is 4.98 Å². The van der Waals surface area contributed by atoms with Gasteiger partial charge in [-0.1, -0.05) is 41.2 Å². The molecule has 0 aliphatic rings. The monoisotopic (exact) mass is 317 g/mol. The molecular formula is C10H15Cl4N3. The van der Waals surface area contributed by atoms with Crippen LogP contribution >= 0.6 is 47.2 Å². The number of halogens is 4. The van der Waals surface area contributed by atoms with E-state index in [2.05, 4.69) is 4.98 Å². The van der Waals surface area contributed by atoms with Crippen LogP contribution in [-0.2, 0) is 0 Å². The molecule has 0 saturated heterocycles. The first kappa shape index (κ1) is 17.2. The van der Waals surface area contributed by atoms with Crippen LogP contribution in [0.3, 0.4) is 0 Å². The van der Waals surface area contributed by atoms with Gasteiger partial charge in [0.1, 0.15) is 5.15 Å². The van der Waals surface area contributed by atoms with Crippen molar-refractivity contribution >= 4 is 47.2 Å².